The lowest BCUT2D eigenvalue weighted by Gasteiger charge is -2.35. The summed E-state index contributed by atoms with van der Waals surface area (Å²) in [6.07, 6.45) is 0. The van der Waals surface area contributed by atoms with Crippen LogP contribution in [0.2, 0.25) is 0 Å². The quantitative estimate of drug-likeness (QED) is 0.214. The predicted octanol–water partition coefficient (Wildman–Crippen LogP) is 10.1. The number of benzene rings is 6. The zero-order valence-corrected chi connectivity index (χ0v) is 24.4. The van der Waals surface area contributed by atoms with Crippen LogP contribution in [0.5, 0.6) is 11.5 Å². The SMILES string of the molecule is CC1(C)c2cc(-c3nc(-c4ccc(-c5ccc6ccccc6c5)cc4)nc4ccccc34)ccc2Oc2cccc(C#N)c21. The Morgan fingerprint density at radius 3 is 2.18 bits per heavy atom. The predicted molar refractivity (Wildman–Crippen MR) is 177 cm³/mol. The molecule has 6 aromatic carbocycles. The number of aromatic nitrogens is 2. The van der Waals surface area contributed by atoms with E-state index in [0.29, 0.717) is 11.4 Å². The molecule has 2 heterocycles. The maximum atomic E-state index is 9.87. The molecule has 1 aliphatic heterocycles. The van der Waals surface area contributed by atoms with Crippen LogP contribution in [0.3, 0.4) is 0 Å². The van der Waals surface area contributed by atoms with Crippen LogP contribution in [-0.4, -0.2) is 9.97 Å². The van der Waals surface area contributed by atoms with Crippen molar-refractivity contribution in [1.82, 2.24) is 9.97 Å². The number of fused-ring (bicyclic) bond motifs is 4. The monoisotopic (exact) mass is 565 g/mol. The van der Waals surface area contributed by atoms with E-state index in [1.165, 1.54) is 16.3 Å². The summed E-state index contributed by atoms with van der Waals surface area (Å²) in [4.78, 5) is 10.1. The molecule has 0 N–H and O–H groups in total. The van der Waals surface area contributed by atoms with Gasteiger partial charge in [-0.3, -0.25) is 0 Å². The molecule has 8 rings (SSSR count). The third kappa shape index (κ3) is 4.13. The van der Waals surface area contributed by atoms with Gasteiger partial charge in [0.2, 0.25) is 0 Å². The van der Waals surface area contributed by atoms with Gasteiger partial charge in [0, 0.05) is 33.1 Å². The van der Waals surface area contributed by atoms with Crippen LogP contribution in [-0.2, 0) is 5.41 Å². The van der Waals surface area contributed by atoms with Crippen LogP contribution in [0.1, 0.15) is 30.5 Å². The molecule has 208 valence electrons. The first-order valence-electron chi connectivity index (χ1n) is 14.7. The number of hydrogen-bond acceptors (Lipinski definition) is 4. The lowest BCUT2D eigenvalue weighted by molar-refractivity contribution is 0.417. The summed E-state index contributed by atoms with van der Waals surface area (Å²) in [5.74, 6) is 2.20. The molecule has 0 unspecified atom stereocenters. The molecular weight excluding hydrogens is 538 g/mol. The molecule has 0 saturated carbocycles. The van der Waals surface area contributed by atoms with Gasteiger partial charge in [-0.05, 0) is 64.4 Å². The average molecular weight is 566 g/mol. The van der Waals surface area contributed by atoms with Gasteiger partial charge in [-0.25, -0.2) is 9.97 Å². The average Bonchev–Trinajstić information content (AvgIpc) is 3.07. The van der Waals surface area contributed by atoms with Gasteiger partial charge in [0.05, 0.1) is 22.8 Å². The fourth-order valence-corrected chi connectivity index (χ4v) is 6.47. The van der Waals surface area contributed by atoms with Crippen LogP contribution < -0.4 is 4.74 Å². The van der Waals surface area contributed by atoms with Crippen molar-refractivity contribution >= 4 is 21.7 Å². The molecule has 0 atom stereocenters. The summed E-state index contributed by atoms with van der Waals surface area (Å²) in [5, 5.41) is 13.3. The van der Waals surface area contributed by atoms with E-state index in [1.807, 2.05) is 42.5 Å². The smallest absolute Gasteiger partial charge is 0.160 e. The summed E-state index contributed by atoms with van der Waals surface area (Å²) in [7, 11) is 0. The summed E-state index contributed by atoms with van der Waals surface area (Å²) < 4.78 is 6.31. The summed E-state index contributed by atoms with van der Waals surface area (Å²) in [5.41, 5.74) is 8.13. The Kier molecular flexibility index (Phi) is 5.82. The molecular formula is C40H27N3O. The maximum Gasteiger partial charge on any atom is 0.160 e. The largest absolute Gasteiger partial charge is 0.457 e. The van der Waals surface area contributed by atoms with Gasteiger partial charge in [0.15, 0.2) is 5.82 Å². The van der Waals surface area contributed by atoms with Gasteiger partial charge in [-0.15, -0.1) is 0 Å². The molecule has 7 aromatic rings. The zero-order valence-electron chi connectivity index (χ0n) is 24.4. The minimum atomic E-state index is -0.435. The van der Waals surface area contributed by atoms with Crippen molar-refractivity contribution in [1.29, 1.82) is 5.26 Å². The molecule has 4 heteroatoms. The van der Waals surface area contributed by atoms with E-state index in [0.717, 1.165) is 55.9 Å². The van der Waals surface area contributed by atoms with Crippen molar-refractivity contribution in [3.8, 4) is 51.3 Å². The molecule has 1 aliphatic rings. The Morgan fingerprint density at radius 2 is 1.34 bits per heavy atom. The Morgan fingerprint density at radius 1 is 0.614 bits per heavy atom. The fraction of sp³-hybridized carbons (Fsp3) is 0.0750. The second-order valence-electron chi connectivity index (χ2n) is 11.8. The van der Waals surface area contributed by atoms with Crippen molar-refractivity contribution in [3.05, 3.63) is 144 Å². The molecule has 0 spiro atoms. The van der Waals surface area contributed by atoms with Crippen LogP contribution in [0.15, 0.2) is 127 Å². The Balaban J connectivity index is 1.22. The van der Waals surface area contributed by atoms with E-state index in [9.17, 15) is 5.26 Å². The summed E-state index contributed by atoms with van der Waals surface area (Å²) in [6, 6.07) is 45.9. The van der Waals surface area contributed by atoms with Crippen LogP contribution >= 0.6 is 0 Å². The number of para-hydroxylation sites is 1. The number of hydrogen-bond donors (Lipinski definition) is 0. The summed E-state index contributed by atoms with van der Waals surface area (Å²) >= 11 is 0. The molecule has 0 amide bonds. The lowest BCUT2D eigenvalue weighted by Crippen LogP contribution is -2.25. The van der Waals surface area contributed by atoms with E-state index in [2.05, 4.69) is 105 Å². The maximum absolute atomic E-state index is 9.87. The van der Waals surface area contributed by atoms with Crippen molar-refractivity contribution in [2.45, 2.75) is 19.3 Å². The first-order chi connectivity index (χ1) is 21.5. The van der Waals surface area contributed by atoms with Gasteiger partial charge < -0.3 is 4.74 Å². The van der Waals surface area contributed by atoms with Gasteiger partial charge >= 0.3 is 0 Å². The minimum Gasteiger partial charge on any atom is -0.457 e. The highest BCUT2D eigenvalue weighted by Crippen LogP contribution is 2.50. The fourth-order valence-electron chi connectivity index (χ4n) is 6.47. The minimum absolute atomic E-state index is 0.435. The second kappa shape index (κ2) is 9.90. The van der Waals surface area contributed by atoms with E-state index >= 15 is 0 Å². The molecule has 0 radical (unpaired) electrons. The van der Waals surface area contributed by atoms with E-state index in [1.54, 1.807) is 0 Å². The zero-order chi connectivity index (χ0) is 29.8. The lowest BCUT2D eigenvalue weighted by atomic mass is 9.73. The van der Waals surface area contributed by atoms with Gasteiger partial charge in [0.1, 0.15) is 11.5 Å². The summed E-state index contributed by atoms with van der Waals surface area (Å²) in [6.45, 7) is 4.30. The standard InChI is InChI=1S/C40H27N3O/c1-40(2)33-23-30(20-21-35(33)44-36-13-7-10-31(24-41)37(36)40)38-32-11-5-6-12-34(32)42-39(43-38)27-17-14-26(15-18-27)29-19-16-25-8-3-4-9-28(25)22-29/h3-23H,1-2H3. The van der Waals surface area contributed by atoms with Crippen molar-refractivity contribution < 1.29 is 4.74 Å². The van der Waals surface area contributed by atoms with Gasteiger partial charge in [-0.1, -0.05) is 98.8 Å². The number of ether oxygens (including phenoxy) is 1. The first kappa shape index (κ1) is 25.9. The van der Waals surface area contributed by atoms with Gasteiger partial charge in [0.25, 0.3) is 0 Å². The number of nitriles is 1. The molecule has 0 aliphatic carbocycles. The van der Waals surface area contributed by atoms with E-state index < -0.39 is 5.41 Å². The van der Waals surface area contributed by atoms with Crippen molar-refractivity contribution in [2.75, 3.05) is 0 Å². The van der Waals surface area contributed by atoms with Crippen LogP contribution in [0.4, 0.5) is 0 Å². The topological polar surface area (TPSA) is 58.8 Å². The molecule has 0 fully saturated rings. The first-order valence-corrected chi connectivity index (χ1v) is 14.7. The third-order valence-corrected chi connectivity index (χ3v) is 8.75. The van der Waals surface area contributed by atoms with Crippen molar-refractivity contribution in [3.63, 3.8) is 0 Å². The van der Waals surface area contributed by atoms with E-state index in [-0.39, 0.29) is 0 Å². The Labute approximate surface area is 255 Å². The Hall–Kier alpha value is -5.79. The van der Waals surface area contributed by atoms with Crippen LogP contribution in [0.25, 0.3) is 55.4 Å². The molecule has 0 bridgehead atoms. The van der Waals surface area contributed by atoms with E-state index in [4.69, 9.17) is 14.7 Å². The molecule has 44 heavy (non-hydrogen) atoms. The molecule has 0 saturated heterocycles. The van der Waals surface area contributed by atoms with Crippen molar-refractivity contribution in [2.24, 2.45) is 0 Å². The second-order valence-corrected chi connectivity index (χ2v) is 11.8. The highest BCUT2D eigenvalue weighted by Gasteiger charge is 2.36. The number of nitrogens with zero attached hydrogens (tertiary/aromatic N) is 3. The molecule has 4 nitrogen and oxygen atoms in total. The Bertz CT molecular complexity index is 2290. The number of rotatable bonds is 3. The normalized spacial score (nSPS) is 13.1. The highest BCUT2D eigenvalue weighted by atomic mass is 16.5. The van der Waals surface area contributed by atoms with Crippen LogP contribution in [0, 0.1) is 11.3 Å². The highest BCUT2D eigenvalue weighted by molar-refractivity contribution is 5.94. The third-order valence-electron chi connectivity index (χ3n) is 8.75. The van der Waals surface area contributed by atoms with Gasteiger partial charge in [-0.2, -0.15) is 5.26 Å². The molecule has 1 aromatic heterocycles.